The molecule has 7 nitrogen and oxygen atoms in total. The average Bonchev–Trinajstić information content (AvgIpc) is 3.41. The second kappa shape index (κ2) is 12.6. The van der Waals surface area contributed by atoms with Crippen LogP contribution in [0.4, 0.5) is 11.4 Å². The van der Waals surface area contributed by atoms with E-state index in [9.17, 15) is 9.59 Å². The van der Waals surface area contributed by atoms with E-state index in [-0.39, 0.29) is 24.5 Å². The molecule has 0 bridgehead atoms. The van der Waals surface area contributed by atoms with E-state index in [0.717, 1.165) is 31.6 Å². The fourth-order valence-corrected chi connectivity index (χ4v) is 3.84. The Morgan fingerprint density at radius 3 is 2.54 bits per heavy atom. The van der Waals surface area contributed by atoms with Crippen molar-refractivity contribution in [2.45, 2.75) is 25.4 Å². The summed E-state index contributed by atoms with van der Waals surface area (Å²) in [6.45, 7) is 1.95. The molecule has 7 heteroatoms. The maximum Gasteiger partial charge on any atom is 0.251 e. The molecule has 1 saturated heterocycles. The van der Waals surface area contributed by atoms with E-state index in [4.69, 9.17) is 9.47 Å². The van der Waals surface area contributed by atoms with Crippen LogP contribution in [0, 0.1) is 0 Å². The van der Waals surface area contributed by atoms with E-state index in [1.54, 1.807) is 24.3 Å². The van der Waals surface area contributed by atoms with Gasteiger partial charge in [-0.3, -0.25) is 9.59 Å². The number of benzene rings is 3. The molecular weight excluding hydrogens is 442 g/mol. The number of carbonyl (C=O) groups excluding carboxylic acids is 2. The highest BCUT2D eigenvalue weighted by atomic mass is 16.5. The van der Waals surface area contributed by atoms with Crippen LogP contribution < -0.4 is 20.7 Å². The average molecular weight is 474 g/mol. The minimum atomic E-state index is -0.176. The molecule has 3 N–H and O–H groups in total. The molecule has 0 aliphatic carbocycles. The van der Waals surface area contributed by atoms with Crippen molar-refractivity contribution in [3.63, 3.8) is 0 Å². The first-order valence-electron chi connectivity index (χ1n) is 12.0. The Kier molecular flexibility index (Phi) is 8.73. The summed E-state index contributed by atoms with van der Waals surface area (Å²) in [6.07, 6.45) is 2.95. The number of amides is 2. The van der Waals surface area contributed by atoms with Gasteiger partial charge in [0, 0.05) is 42.6 Å². The Morgan fingerprint density at radius 2 is 1.77 bits per heavy atom. The largest absolute Gasteiger partial charge is 0.493 e. The van der Waals surface area contributed by atoms with Gasteiger partial charge in [-0.05, 0) is 54.8 Å². The van der Waals surface area contributed by atoms with Gasteiger partial charge in [-0.1, -0.05) is 36.4 Å². The third kappa shape index (κ3) is 7.86. The maximum atomic E-state index is 12.4. The molecule has 0 aromatic heterocycles. The first-order valence-corrected chi connectivity index (χ1v) is 12.0. The van der Waals surface area contributed by atoms with Crippen LogP contribution in [0.15, 0.2) is 78.9 Å². The molecular formula is C28H31N3O4. The van der Waals surface area contributed by atoms with Gasteiger partial charge in [0.15, 0.2) is 0 Å². The van der Waals surface area contributed by atoms with Crippen LogP contribution in [-0.2, 0) is 16.0 Å². The number of hydrogen-bond donors (Lipinski definition) is 3. The van der Waals surface area contributed by atoms with Crippen molar-refractivity contribution in [1.29, 1.82) is 0 Å². The van der Waals surface area contributed by atoms with Crippen LogP contribution in [0.5, 0.6) is 5.75 Å². The second-order valence-electron chi connectivity index (χ2n) is 8.44. The minimum Gasteiger partial charge on any atom is -0.493 e. The summed E-state index contributed by atoms with van der Waals surface area (Å²) >= 11 is 0. The van der Waals surface area contributed by atoms with Gasteiger partial charge < -0.3 is 25.4 Å². The van der Waals surface area contributed by atoms with Gasteiger partial charge in [0.25, 0.3) is 5.91 Å². The molecule has 35 heavy (non-hydrogen) atoms. The topological polar surface area (TPSA) is 88.7 Å². The van der Waals surface area contributed by atoms with Gasteiger partial charge in [0.1, 0.15) is 5.75 Å². The summed E-state index contributed by atoms with van der Waals surface area (Å²) in [4.78, 5) is 24.7. The second-order valence-corrected chi connectivity index (χ2v) is 8.44. The number of carbonyl (C=O) groups is 2. The van der Waals surface area contributed by atoms with E-state index in [1.807, 2.05) is 42.5 Å². The van der Waals surface area contributed by atoms with Gasteiger partial charge >= 0.3 is 0 Å². The predicted molar refractivity (Wildman–Crippen MR) is 137 cm³/mol. The van der Waals surface area contributed by atoms with E-state index in [0.29, 0.717) is 30.2 Å². The van der Waals surface area contributed by atoms with Crippen molar-refractivity contribution in [3.05, 3.63) is 90.0 Å². The molecule has 3 aromatic carbocycles. The number of hydrogen-bond acceptors (Lipinski definition) is 5. The predicted octanol–water partition coefficient (Wildman–Crippen LogP) is 4.27. The van der Waals surface area contributed by atoms with E-state index in [1.165, 1.54) is 5.56 Å². The molecule has 2 amide bonds. The van der Waals surface area contributed by atoms with E-state index < -0.39 is 0 Å². The summed E-state index contributed by atoms with van der Waals surface area (Å²) in [5.74, 6) is 0.403. The summed E-state index contributed by atoms with van der Waals surface area (Å²) in [6, 6.07) is 24.6. The summed E-state index contributed by atoms with van der Waals surface area (Å²) < 4.78 is 11.4. The smallest absolute Gasteiger partial charge is 0.251 e. The van der Waals surface area contributed by atoms with Crippen molar-refractivity contribution in [2.75, 3.05) is 36.9 Å². The Morgan fingerprint density at radius 1 is 0.943 bits per heavy atom. The van der Waals surface area contributed by atoms with Crippen molar-refractivity contribution in [2.24, 2.45) is 0 Å². The quantitative estimate of drug-likeness (QED) is 0.387. The van der Waals surface area contributed by atoms with Gasteiger partial charge in [0.2, 0.25) is 5.91 Å². The molecule has 182 valence electrons. The molecule has 0 saturated carbocycles. The van der Waals surface area contributed by atoms with Crippen molar-refractivity contribution >= 4 is 23.2 Å². The molecule has 1 unspecified atom stereocenters. The fraction of sp³-hybridized carbons (Fsp3) is 0.286. The van der Waals surface area contributed by atoms with Crippen LogP contribution in [0.25, 0.3) is 0 Å². The van der Waals surface area contributed by atoms with Crippen LogP contribution in [0.1, 0.15) is 28.8 Å². The molecule has 4 rings (SSSR count). The first-order chi connectivity index (χ1) is 17.2. The third-order valence-corrected chi connectivity index (χ3v) is 5.73. The Hall–Kier alpha value is -3.84. The van der Waals surface area contributed by atoms with Gasteiger partial charge in [-0.15, -0.1) is 0 Å². The fourth-order valence-electron chi connectivity index (χ4n) is 3.84. The number of rotatable bonds is 11. The van der Waals surface area contributed by atoms with E-state index in [2.05, 4.69) is 28.1 Å². The molecule has 3 aromatic rings. The van der Waals surface area contributed by atoms with Crippen LogP contribution in [-0.4, -0.2) is 44.2 Å². The zero-order valence-corrected chi connectivity index (χ0v) is 19.7. The zero-order valence-electron chi connectivity index (χ0n) is 19.7. The molecule has 0 spiro atoms. The van der Waals surface area contributed by atoms with Crippen LogP contribution >= 0.6 is 0 Å². The molecule has 1 aliphatic rings. The first kappa shape index (κ1) is 24.3. The molecule has 1 fully saturated rings. The van der Waals surface area contributed by atoms with Gasteiger partial charge in [-0.25, -0.2) is 0 Å². The summed E-state index contributed by atoms with van der Waals surface area (Å²) in [5.41, 5.74) is 3.22. The molecule has 1 atom stereocenters. The summed E-state index contributed by atoms with van der Waals surface area (Å²) in [5, 5.41) is 8.86. The third-order valence-electron chi connectivity index (χ3n) is 5.73. The lowest BCUT2D eigenvalue weighted by Crippen LogP contribution is -2.31. The number of ether oxygens (including phenoxy) is 2. The Labute approximate surface area is 205 Å². The van der Waals surface area contributed by atoms with E-state index >= 15 is 0 Å². The zero-order chi connectivity index (χ0) is 24.3. The van der Waals surface area contributed by atoms with Crippen LogP contribution in [0.3, 0.4) is 0 Å². The molecule has 1 aliphatic heterocycles. The van der Waals surface area contributed by atoms with Crippen molar-refractivity contribution in [1.82, 2.24) is 5.32 Å². The SMILES string of the molecule is O=C(CNc1ccc(C(=O)NCC2CCCO2)cc1)Nc1cccc(OCCc2ccccc2)c1. The lowest BCUT2D eigenvalue weighted by atomic mass is 10.2. The highest BCUT2D eigenvalue weighted by Crippen LogP contribution is 2.18. The van der Waals surface area contributed by atoms with Crippen molar-refractivity contribution in [3.8, 4) is 5.75 Å². The number of nitrogens with one attached hydrogen (secondary N) is 3. The van der Waals surface area contributed by atoms with Crippen LogP contribution in [0.2, 0.25) is 0 Å². The summed E-state index contributed by atoms with van der Waals surface area (Å²) in [7, 11) is 0. The normalized spacial score (nSPS) is 14.8. The standard InChI is InChI=1S/C28H31N3O4/c32-27(31-24-8-4-9-25(18-24)35-17-15-21-6-2-1-3-7-21)20-29-23-13-11-22(12-14-23)28(33)30-19-26-10-5-16-34-26/h1-4,6-9,11-14,18,26,29H,5,10,15-17,19-20H2,(H,30,33)(H,31,32). The molecule has 1 heterocycles. The van der Waals surface area contributed by atoms with Gasteiger partial charge in [-0.2, -0.15) is 0 Å². The lowest BCUT2D eigenvalue weighted by molar-refractivity contribution is -0.114. The minimum absolute atomic E-state index is 0.101. The Balaban J connectivity index is 1.18. The lowest BCUT2D eigenvalue weighted by Gasteiger charge is -2.12. The van der Waals surface area contributed by atoms with Crippen molar-refractivity contribution < 1.29 is 19.1 Å². The molecule has 0 radical (unpaired) electrons. The Bertz CT molecular complexity index is 1100. The maximum absolute atomic E-state index is 12.4. The number of anilines is 2. The monoisotopic (exact) mass is 473 g/mol. The highest BCUT2D eigenvalue weighted by molar-refractivity contribution is 5.95. The van der Waals surface area contributed by atoms with Gasteiger partial charge in [0.05, 0.1) is 19.3 Å². The highest BCUT2D eigenvalue weighted by Gasteiger charge is 2.16.